The summed E-state index contributed by atoms with van der Waals surface area (Å²) in [6, 6.07) is 2.21. The zero-order valence-corrected chi connectivity index (χ0v) is 12.0. The molecule has 0 saturated heterocycles. The number of carboxylic acid groups (broad SMARTS) is 1. The Bertz CT molecular complexity index is 631. The van der Waals surface area contributed by atoms with E-state index in [-0.39, 0.29) is 18.5 Å². The van der Waals surface area contributed by atoms with Gasteiger partial charge in [-0.3, -0.25) is 9.52 Å². The third kappa shape index (κ3) is 5.80. The van der Waals surface area contributed by atoms with Gasteiger partial charge in [-0.25, -0.2) is 8.42 Å². The van der Waals surface area contributed by atoms with Gasteiger partial charge in [0.2, 0.25) is 10.0 Å². The molecule has 0 aliphatic carbocycles. The fourth-order valence-electron chi connectivity index (χ4n) is 1.41. The Morgan fingerprint density at radius 1 is 1.33 bits per heavy atom. The monoisotopic (exact) mass is 345 g/mol. The van der Waals surface area contributed by atoms with Gasteiger partial charge in [0.1, 0.15) is 0 Å². The number of anilines is 1. The fourth-order valence-corrected chi connectivity index (χ4v) is 2.83. The molecule has 0 unspecified atom stereocenters. The standard InChI is InChI=1S/C11H11ClF3NO4S/c12-8-6-7(11(13,14)15)3-4-9(8)16-21(19,20)5-1-2-10(17)18/h3-4,6,16H,1-2,5H2,(H,17,18). The van der Waals surface area contributed by atoms with Gasteiger partial charge in [0, 0.05) is 6.42 Å². The molecule has 2 N–H and O–H groups in total. The van der Waals surface area contributed by atoms with E-state index in [1.807, 2.05) is 4.72 Å². The Morgan fingerprint density at radius 2 is 1.95 bits per heavy atom. The van der Waals surface area contributed by atoms with E-state index in [1.165, 1.54) is 0 Å². The van der Waals surface area contributed by atoms with E-state index in [0.717, 1.165) is 6.07 Å². The van der Waals surface area contributed by atoms with Crippen LogP contribution in [0.25, 0.3) is 0 Å². The quantitative estimate of drug-likeness (QED) is 0.830. The van der Waals surface area contributed by atoms with Crippen molar-refractivity contribution in [3.63, 3.8) is 0 Å². The Kier molecular flexibility index (Phi) is 5.46. The lowest BCUT2D eigenvalue weighted by Gasteiger charge is -2.12. The number of carbonyl (C=O) groups is 1. The number of rotatable bonds is 6. The van der Waals surface area contributed by atoms with E-state index in [1.54, 1.807) is 0 Å². The smallest absolute Gasteiger partial charge is 0.416 e. The van der Waals surface area contributed by atoms with E-state index in [9.17, 15) is 26.4 Å². The molecule has 118 valence electrons. The number of carboxylic acids is 1. The summed E-state index contributed by atoms with van der Waals surface area (Å²) >= 11 is 5.60. The van der Waals surface area contributed by atoms with Crippen LogP contribution in [0.5, 0.6) is 0 Å². The highest BCUT2D eigenvalue weighted by molar-refractivity contribution is 7.92. The summed E-state index contributed by atoms with van der Waals surface area (Å²) in [5.41, 5.74) is -1.19. The molecule has 10 heteroatoms. The molecule has 0 saturated carbocycles. The van der Waals surface area contributed by atoms with Crippen molar-refractivity contribution in [1.29, 1.82) is 0 Å². The van der Waals surface area contributed by atoms with Crippen LogP contribution in [0.2, 0.25) is 5.02 Å². The highest BCUT2D eigenvalue weighted by Crippen LogP contribution is 2.34. The van der Waals surface area contributed by atoms with E-state index in [4.69, 9.17) is 16.7 Å². The highest BCUT2D eigenvalue weighted by Gasteiger charge is 2.31. The summed E-state index contributed by atoms with van der Waals surface area (Å²) in [6.07, 6.45) is -5.03. The van der Waals surface area contributed by atoms with Gasteiger partial charge in [-0.1, -0.05) is 11.6 Å². The zero-order chi connectivity index (χ0) is 16.3. The maximum Gasteiger partial charge on any atom is 0.416 e. The molecule has 0 fully saturated rings. The molecule has 1 aromatic carbocycles. The minimum atomic E-state index is -4.58. The summed E-state index contributed by atoms with van der Waals surface area (Å²) in [7, 11) is -3.88. The second kappa shape index (κ2) is 6.52. The number of sulfonamides is 1. The first-order valence-electron chi connectivity index (χ1n) is 5.60. The van der Waals surface area contributed by atoms with Crippen molar-refractivity contribution in [2.75, 3.05) is 10.5 Å². The molecule has 1 aromatic rings. The van der Waals surface area contributed by atoms with Crippen LogP contribution < -0.4 is 4.72 Å². The summed E-state index contributed by atoms with van der Waals surface area (Å²) in [6.45, 7) is 0. The second-order valence-corrected chi connectivity index (χ2v) is 6.36. The number of aliphatic carboxylic acids is 1. The Hall–Kier alpha value is -1.48. The predicted molar refractivity (Wildman–Crippen MR) is 70.7 cm³/mol. The molecule has 0 atom stereocenters. The molecule has 1 rings (SSSR count). The Balaban J connectivity index is 2.81. The van der Waals surface area contributed by atoms with Gasteiger partial charge >= 0.3 is 12.1 Å². The van der Waals surface area contributed by atoms with Gasteiger partial charge in [0.15, 0.2) is 0 Å². The summed E-state index contributed by atoms with van der Waals surface area (Å²) in [4.78, 5) is 10.3. The normalized spacial score (nSPS) is 12.2. The number of nitrogens with one attached hydrogen (secondary N) is 1. The van der Waals surface area contributed by atoms with E-state index < -0.39 is 38.5 Å². The second-order valence-electron chi connectivity index (χ2n) is 4.11. The van der Waals surface area contributed by atoms with Crippen LogP contribution in [0.15, 0.2) is 18.2 Å². The molecular weight excluding hydrogens is 335 g/mol. The minimum Gasteiger partial charge on any atom is -0.481 e. The molecule has 0 aliphatic rings. The van der Waals surface area contributed by atoms with E-state index >= 15 is 0 Å². The van der Waals surface area contributed by atoms with Crippen LogP contribution in [-0.2, 0) is 21.0 Å². The molecular formula is C11H11ClF3NO4S. The van der Waals surface area contributed by atoms with Crippen molar-refractivity contribution in [3.05, 3.63) is 28.8 Å². The number of halogens is 4. The molecule has 0 bridgehead atoms. The van der Waals surface area contributed by atoms with Crippen LogP contribution >= 0.6 is 11.6 Å². The van der Waals surface area contributed by atoms with Gasteiger partial charge in [-0.15, -0.1) is 0 Å². The van der Waals surface area contributed by atoms with Gasteiger partial charge in [0.05, 0.1) is 22.0 Å². The molecule has 21 heavy (non-hydrogen) atoms. The lowest BCUT2D eigenvalue weighted by Crippen LogP contribution is -2.18. The number of hydrogen-bond acceptors (Lipinski definition) is 3. The lowest BCUT2D eigenvalue weighted by molar-refractivity contribution is -0.138. The SMILES string of the molecule is O=C(O)CCCS(=O)(=O)Nc1ccc(C(F)(F)F)cc1Cl. The summed E-state index contributed by atoms with van der Waals surface area (Å²) < 4.78 is 62.6. The maximum atomic E-state index is 12.4. The van der Waals surface area contributed by atoms with Crippen molar-refractivity contribution < 1.29 is 31.5 Å². The first-order valence-corrected chi connectivity index (χ1v) is 7.63. The van der Waals surface area contributed by atoms with Crippen LogP contribution in [0.3, 0.4) is 0 Å². The number of benzene rings is 1. The molecule has 0 amide bonds. The largest absolute Gasteiger partial charge is 0.481 e. The van der Waals surface area contributed by atoms with Gasteiger partial charge in [0.25, 0.3) is 0 Å². The van der Waals surface area contributed by atoms with Gasteiger partial charge in [-0.05, 0) is 24.6 Å². The number of hydrogen-bond donors (Lipinski definition) is 2. The first kappa shape index (κ1) is 17.6. The van der Waals surface area contributed by atoms with E-state index in [2.05, 4.69) is 0 Å². The maximum absolute atomic E-state index is 12.4. The molecule has 0 heterocycles. The van der Waals surface area contributed by atoms with Crippen molar-refractivity contribution in [1.82, 2.24) is 0 Å². The van der Waals surface area contributed by atoms with Crippen molar-refractivity contribution in [2.45, 2.75) is 19.0 Å². The third-order valence-electron chi connectivity index (χ3n) is 2.37. The van der Waals surface area contributed by atoms with Gasteiger partial charge < -0.3 is 5.11 Å². The third-order valence-corrected chi connectivity index (χ3v) is 4.04. The zero-order valence-electron chi connectivity index (χ0n) is 10.4. The molecule has 0 radical (unpaired) electrons. The predicted octanol–water partition coefficient (Wildman–Crippen LogP) is 2.97. The molecule has 0 aromatic heterocycles. The Morgan fingerprint density at radius 3 is 2.43 bits per heavy atom. The van der Waals surface area contributed by atoms with Crippen LogP contribution in [-0.4, -0.2) is 25.2 Å². The van der Waals surface area contributed by atoms with Gasteiger partial charge in [-0.2, -0.15) is 13.2 Å². The molecule has 0 spiro atoms. The lowest BCUT2D eigenvalue weighted by atomic mass is 10.2. The Labute approximate surface area is 123 Å². The summed E-state index contributed by atoms with van der Waals surface area (Å²) in [5.74, 6) is -1.62. The first-order chi connectivity index (χ1) is 9.51. The topological polar surface area (TPSA) is 83.5 Å². The fraction of sp³-hybridized carbons (Fsp3) is 0.364. The van der Waals surface area contributed by atoms with Crippen molar-refractivity contribution in [3.8, 4) is 0 Å². The average Bonchev–Trinajstić information content (AvgIpc) is 2.29. The molecule has 0 aliphatic heterocycles. The molecule has 5 nitrogen and oxygen atoms in total. The summed E-state index contributed by atoms with van der Waals surface area (Å²) in [5, 5.41) is 8.01. The van der Waals surface area contributed by atoms with Crippen LogP contribution in [0.1, 0.15) is 18.4 Å². The van der Waals surface area contributed by atoms with E-state index in [0.29, 0.717) is 12.1 Å². The van der Waals surface area contributed by atoms with Crippen LogP contribution in [0.4, 0.5) is 18.9 Å². The number of alkyl halides is 3. The highest BCUT2D eigenvalue weighted by atomic mass is 35.5. The average molecular weight is 346 g/mol. The van der Waals surface area contributed by atoms with Crippen molar-refractivity contribution >= 4 is 33.3 Å². The van der Waals surface area contributed by atoms with Crippen molar-refractivity contribution in [2.24, 2.45) is 0 Å². The minimum absolute atomic E-state index is 0.122. The van der Waals surface area contributed by atoms with Crippen LogP contribution in [0, 0.1) is 0 Å².